The van der Waals surface area contributed by atoms with Gasteiger partial charge in [-0.25, -0.2) is 9.37 Å². The zero-order chi connectivity index (χ0) is 21.8. The van der Waals surface area contributed by atoms with Crippen molar-refractivity contribution < 1.29 is 9.50 Å². The summed E-state index contributed by atoms with van der Waals surface area (Å²) in [6.07, 6.45) is 3.83. The Labute approximate surface area is 178 Å². The molecule has 31 heavy (non-hydrogen) atoms. The van der Waals surface area contributed by atoms with E-state index in [9.17, 15) is 14.3 Å². The summed E-state index contributed by atoms with van der Waals surface area (Å²) in [6.45, 7) is 0.476. The summed E-state index contributed by atoms with van der Waals surface area (Å²) in [4.78, 5) is 22.1. The molecule has 0 aliphatic heterocycles. The lowest BCUT2D eigenvalue weighted by Crippen LogP contribution is -2.25. The standard InChI is InChI=1S/C24H21FN4O2/c1-29-23(31)21(17-6-8-19(25)9-7-17)22(18-10-13-26-14-11-18)28-24(29)27-15-12-16-4-2-3-5-20(16)30/h2-11,13-14,30H,12,15H2,1H3,(H,27,28). The highest BCUT2D eigenvalue weighted by Gasteiger charge is 2.18. The zero-order valence-electron chi connectivity index (χ0n) is 16.9. The van der Waals surface area contributed by atoms with Gasteiger partial charge in [-0.15, -0.1) is 0 Å². The van der Waals surface area contributed by atoms with Gasteiger partial charge in [0, 0.05) is 31.5 Å². The summed E-state index contributed by atoms with van der Waals surface area (Å²) in [6, 6.07) is 16.5. The van der Waals surface area contributed by atoms with Gasteiger partial charge in [0.15, 0.2) is 0 Å². The van der Waals surface area contributed by atoms with E-state index in [1.807, 2.05) is 12.1 Å². The van der Waals surface area contributed by atoms with Gasteiger partial charge in [-0.1, -0.05) is 30.3 Å². The van der Waals surface area contributed by atoms with Crippen LogP contribution < -0.4 is 10.9 Å². The first kappa shape index (κ1) is 20.3. The van der Waals surface area contributed by atoms with E-state index in [4.69, 9.17) is 4.98 Å². The number of para-hydroxylation sites is 1. The van der Waals surface area contributed by atoms with Crippen molar-refractivity contribution in [3.8, 4) is 28.1 Å². The molecule has 4 rings (SSSR count). The lowest BCUT2D eigenvalue weighted by Gasteiger charge is -2.16. The van der Waals surface area contributed by atoms with Crippen molar-refractivity contribution >= 4 is 5.95 Å². The predicted molar refractivity (Wildman–Crippen MR) is 118 cm³/mol. The molecule has 2 N–H and O–H groups in total. The SMILES string of the molecule is Cn1c(NCCc2ccccc2O)nc(-c2ccncc2)c(-c2ccc(F)cc2)c1=O. The van der Waals surface area contributed by atoms with Crippen molar-refractivity contribution in [1.82, 2.24) is 14.5 Å². The second-order valence-electron chi connectivity index (χ2n) is 7.07. The first-order valence-corrected chi connectivity index (χ1v) is 9.82. The molecular weight excluding hydrogens is 395 g/mol. The number of aromatic nitrogens is 3. The van der Waals surface area contributed by atoms with E-state index in [2.05, 4.69) is 10.3 Å². The minimum absolute atomic E-state index is 0.232. The minimum atomic E-state index is -0.374. The Balaban J connectivity index is 1.74. The molecule has 0 aliphatic carbocycles. The number of aromatic hydroxyl groups is 1. The van der Waals surface area contributed by atoms with Gasteiger partial charge in [-0.3, -0.25) is 14.3 Å². The van der Waals surface area contributed by atoms with Crippen molar-refractivity contribution in [2.24, 2.45) is 7.05 Å². The van der Waals surface area contributed by atoms with Crippen molar-refractivity contribution in [3.05, 3.63) is 94.8 Å². The third kappa shape index (κ3) is 4.30. The van der Waals surface area contributed by atoms with Gasteiger partial charge in [-0.2, -0.15) is 0 Å². The Morgan fingerprint density at radius 3 is 2.42 bits per heavy atom. The van der Waals surface area contributed by atoms with Crippen molar-refractivity contribution in [2.45, 2.75) is 6.42 Å². The fourth-order valence-corrected chi connectivity index (χ4v) is 3.39. The number of phenolic OH excluding ortho intramolecular Hbond substituents is 1. The van der Waals surface area contributed by atoms with Crippen LogP contribution in [0.3, 0.4) is 0 Å². The largest absolute Gasteiger partial charge is 0.508 e. The normalized spacial score (nSPS) is 10.8. The molecule has 2 aromatic carbocycles. The Kier molecular flexibility index (Phi) is 5.75. The van der Waals surface area contributed by atoms with Crippen LogP contribution in [0, 0.1) is 5.82 Å². The van der Waals surface area contributed by atoms with Crippen LogP contribution >= 0.6 is 0 Å². The van der Waals surface area contributed by atoms with Crippen LogP contribution in [-0.2, 0) is 13.5 Å². The number of phenols is 1. The summed E-state index contributed by atoms with van der Waals surface area (Å²) >= 11 is 0. The summed E-state index contributed by atoms with van der Waals surface area (Å²) < 4.78 is 14.9. The lowest BCUT2D eigenvalue weighted by atomic mass is 10.0. The number of pyridine rings is 1. The molecule has 0 spiro atoms. The first-order chi connectivity index (χ1) is 15.0. The number of nitrogens with zero attached hydrogens (tertiary/aromatic N) is 3. The van der Waals surface area contributed by atoms with Crippen molar-refractivity contribution in [3.63, 3.8) is 0 Å². The molecule has 4 aromatic rings. The number of rotatable bonds is 6. The molecular formula is C24H21FN4O2. The number of nitrogens with one attached hydrogen (secondary N) is 1. The van der Waals surface area contributed by atoms with Gasteiger partial charge in [-0.05, 0) is 47.9 Å². The highest BCUT2D eigenvalue weighted by Crippen LogP contribution is 2.28. The maximum atomic E-state index is 13.4. The number of benzene rings is 2. The van der Waals surface area contributed by atoms with E-state index in [1.54, 1.807) is 55.8 Å². The Bertz CT molecular complexity index is 1260. The fraction of sp³-hybridized carbons (Fsp3) is 0.125. The average molecular weight is 416 g/mol. The fourth-order valence-electron chi connectivity index (χ4n) is 3.39. The third-order valence-electron chi connectivity index (χ3n) is 5.05. The molecule has 0 unspecified atom stereocenters. The monoisotopic (exact) mass is 416 g/mol. The van der Waals surface area contributed by atoms with E-state index in [-0.39, 0.29) is 17.1 Å². The maximum absolute atomic E-state index is 13.4. The topological polar surface area (TPSA) is 80.0 Å². The first-order valence-electron chi connectivity index (χ1n) is 9.82. The third-order valence-corrected chi connectivity index (χ3v) is 5.05. The van der Waals surface area contributed by atoms with Crippen molar-refractivity contribution in [1.29, 1.82) is 0 Å². The smallest absolute Gasteiger partial charge is 0.263 e. The molecule has 0 atom stereocenters. The average Bonchev–Trinajstić information content (AvgIpc) is 2.79. The molecule has 2 heterocycles. The van der Waals surface area contributed by atoms with Crippen LogP contribution in [0.15, 0.2) is 77.9 Å². The molecule has 0 saturated heterocycles. The Morgan fingerprint density at radius 2 is 1.71 bits per heavy atom. The van der Waals surface area contributed by atoms with Crippen molar-refractivity contribution in [2.75, 3.05) is 11.9 Å². The van der Waals surface area contributed by atoms with Crippen LogP contribution in [0.1, 0.15) is 5.56 Å². The molecule has 0 saturated carbocycles. The van der Waals surface area contributed by atoms with Crippen LogP contribution in [-0.4, -0.2) is 26.2 Å². The Hall–Kier alpha value is -4.00. The second kappa shape index (κ2) is 8.79. The molecule has 2 aromatic heterocycles. The van der Waals surface area contributed by atoms with Gasteiger partial charge >= 0.3 is 0 Å². The van der Waals surface area contributed by atoms with Crippen LogP contribution in [0.4, 0.5) is 10.3 Å². The number of hydrogen-bond donors (Lipinski definition) is 2. The van der Waals surface area contributed by atoms with Gasteiger partial charge in [0.25, 0.3) is 5.56 Å². The number of anilines is 1. The molecule has 0 fully saturated rings. The molecule has 6 nitrogen and oxygen atoms in total. The Morgan fingerprint density at radius 1 is 1.00 bits per heavy atom. The van der Waals surface area contributed by atoms with Crippen LogP contribution in [0.5, 0.6) is 5.75 Å². The van der Waals surface area contributed by atoms with E-state index >= 15 is 0 Å². The van der Waals surface area contributed by atoms with Gasteiger partial charge in [0.05, 0.1) is 11.3 Å². The highest BCUT2D eigenvalue weighted by molar-refractivity contribution is 5.80. The minimum Gasteiger partial charge on any atom is -0.508 e. The van der Waals surface area contributed by atoms with Gasteiger partial charge in [0.1, 0.15) is 11.6 Å². The van der Waals surface area contributed by atoms with Crippen LogP contribution in [0.25, 0.3) is 22.4 Å². The number of halogens is 1. The predicted octanol–water partition coefficient (Wildman–Crippen LogP) is 4.01. The summed E-state index contributed by atoms with van der Waals surface area (Å²) in [5.41, 5.74) is 2.75. The maximum Gasteiger partial charge on any atom is 0.263 e. The van der Waals surface area contributed by atoms with E-state index < -0.39 is 0 Å². The van der Waals surface area contributed by atoms with E-state index in [0.717, 1.165) is 11.1 Å². The summed E-state index contributed by atoms with van der Waals surface area (Å²) in [5, 5.41) is 13.1. The van der Waals surface area contributed by atoms with E-state index in [1.165, 1.54) is 16.7 Å². The molecule has 0 amide bonds. The highest BCUT2D eigenvalue weighted by atomic mass is 19.1. The lowest BCUT2D eigenvalue weighted by molar-refractivity contribution is 0.468. The molecule has 156 valence electrons. The van der Waals surface area contributed by atoms with Crippen LogP contribution in [0.2, 0.25) is 0 Å². The summed E-state index contributed by atoms with van der Waals surface area (Å²) in [5.74, 6) is 0.259. The van der Waals surface area contributed by atoms with Gasteiger partial charge < -0.3 is 10.4 Å². The summed E-state index contributed by atoms with van der Waals surface area (Å²) in [7, 11) is 1.64. The number of hydrogen-bond acceptors (Lipinski definition) is 5. The second-order valence-corrected chi connectivity index (χ2v) is 7.07. The molecule has 0 aliphatic rings. The zero-order valence-corrected chi connectivity index (χ0v) is 16.9. The molecule has 7 heteroatoms. The van der Waals surface area contributed by atoms with Gasteiger partial charge in [0.2, 0.25) is 5.95 Å². The quantitative estimate of drug-likeness (QED) is 0.497. The van der Waals surface area contributed by atoms with E-state index in [0.29, 0.717) is 35.7 Å². The molecule has 0 radical (unpaired) electrons. The molecule has 0 bridgehead atoms.